The number of fused-ring (bicyclic) bond motifs is 1. The molecule has 1 unspecified atom stereocenters. The van der Waals surface area contributed by atoms with Gasteiger partial charge in [-0.2, -0.15) is 5.26 Å². The number of aryl methyl sites for hydroxylation is 1. The van der Waals surface area contributed by atoms with Crippen LogP contribution in [0.4, 0.5) is 11.4 Å². The predicted molar refractivity (Wildman–Crippen MR) is 112 cm³/mol. The van der Waals surface area contributed by atoms with Crippen LogP contribution in [0.1, 0.15) is 23.1 Å². The summed E-state index contributed by atoms with van der Waals surface area (Å²) in [4.78, 5) is 6.41. The van der Waals surface area contributed by atoms with E-state index >= 15 is 0 Å². The molecule has 0 amide bonds. The third kappa shape index (κ3) is 3.84. The summed E-state index contributed by atoms with van der Waals surface area (Å²) >= 11 is 1.32. The molecule has 1 aliphatic heterocycles. The molecule has 0 saturated heterocycles. The second-order valence-electron chi connectivity index (χ2n) is 6.97. The smallest absolute Gasteiger partial charge is 0.185 e. The van der Waals surface area contributed by atoms with E-state index in [0.717, 1.165) is 16.9 Å². The second kappa shape index (κ2) is 7.50. The molecule has 0 spiro atoms. The molecule has 2 aromatic carbocycles. The Morgan fingerprint density at radius 3 is 2.76 bits per heavy atom. The van der Waals surface area contributed by atoms with Crippen LogP contribution in [-0.4, -0.2) is 26.1 Å². The van der Waals surface area contributed by atoms with E-state index in [-0.39, 0.29) is 16.8 Å². The lowest BCUT2D eigenvalue weighted by molar-refractivity contribution is 0.217. The average molecular weight is 426 g/mol. The lowest BCUT2D eigenvalue weighted by Crippen LogP contribution is -2.35. The Morgan fingerprint density at radius 1 is 1.28 bits per heavy atom. The molecular weight excluding hydrogens is 406 g/mol. The van der Waals surface area contributed by atoms with Crippen molar-refractivity contribution in [1.82, 2.24) is 4.98 Å². The van der Waals surface area contributed by atoms with Crippen LogP contribution in [0.5, 0.6) is 5.75 Å². The molecule has 1 atom stereocenters. The maximum absolute atomic E-state index is 12.8. The Kier molecular flexibility index (Phi) is 5.03. The van der Waals surface area contributed by atoms with Crippen molar-refractivity contribution < 1.29 is 13.2 Å². The van der Waals surface area contributed by atoms with Crippen molar-refractivity contribution in [3.05, 3.63) is 64.1 Å². The quantitative estimate of drug-likeness (QED) is 0.622. The Hall–Kier alpha value is -2.89. The Morgan fingerprint density at radius 2 is 2.07 bits per heavy atom. The standard InChI is InChI=1S/C21H19N3O3S2/c1-14-9-16(11-22)3-5-18(14)24-12-15(2)27-20-10-17(4-6-19(20)24)29(25,26)13-21-23-7-8-28-21/h3-10,15H,12-13H2,1-2H3. The maximum atomic E-state index is 12.8. The van der Waals surface area contributed by atoms with E-state index < -0.39 is 9.84 Å². The van der Waals surface area contributed by atoms with Gasteiger partial charge in [0.05, 0.1) is 28.8 Å². The minimum absolute atomic E-state index is 0.116. The first-order valence-electron chi connectivity index (χ1n) is 9.07. The molecule has 6 nitrogen and oxygen atoms in total. The van der Waals surface area contributed by atoms with Crippen molar-refractivity contribution in [2.24, 2.45) is 0 Å². The fraction of sp³-hybridized carbons (Fsp3) is 0.238. The van der Waals surface area contributed by atoms with Gasteiger partial charge in [-0.05, 0) is 49.7 Å². The normalized spacial score (nSPS) is 16.0. The highest BCUT2D eigenvalue weighted by atomic mass is 32.2. The number of rotatable bonds is 4. The molecule has 0 aliphatic carbocycles. The molecule has 29 heavy (non-hydrogen) atoms. The van der Waals surface area contributed by atoms with Crippen LogP contribution in [-0.2, 0) is 15.6 Å². The van der Waals surface area contributed by atoms with Gasteiger partial charge in [0.1, 0.15) is 22.6 Å². The van der Waals surface area contributed by atoms with Gasteiger partial charge in [0.2, 0.25) is 0 Å². The topological polar surface area (TPSA) is 83.3 Å². The lowest BCUT2D eigenvalue weighted by Gasteiger charge is -2.36. The van der Waals surface area contributed by atoms with E-state index in [1.54, 1.807) is 35.8 Å². The number of thiazole rings is 1. The SMILES string of the molecule is Cc1cc(C#N)ccc1N1CC(C)Oc2cc(S(=O)(=O)Cc3nccs3)ccc21. The zero-order valence-electron chi connectivity index (χ0n) is 16.0. The second-order valence-corrected chi connectivity index (χ2v) is 9.94. The molecule has 0 radical (unpaired) electrons. The molecule has 148 valence electrons. The van der Waals surface area contributed by atoms with Crippen LogP contribution < -0.4 is 9.64 Å². The van der Waals surface area contributed by atoms with Gasteiger partial charge in [-0.15, -0.1) is 11.3 Å². The third-order valence-corrected chi connectivity index (χ3v) is 7.35. The van der Waals surface area contributed by atoms with E-state index in [0.29, 0.717) is 22.9 Å². The van der Waals surface area contributed by atoms with Gasteiger partial charge in [-0.1, -0.05) is 0 Å². The van der Waals surface area contributed by atoms with Crippen molar-refractivity contribution in [3.8, 4) is 11.8 Å². The van der Waals surface area contributed by atoms with Gasteiger partial charge in [0.25, 0.3) is 0 Å². The van der Waals surface area contributed by atoms with Crippen molar-refractivity contribution in [3.63, 3.8) is 0 Å². The highest BCUT2D eigenvalue weighted by Crippen LogP contribution is 2.41. The minimum atomic E-state index is -3.52. The number of nitrogens with zero attached hydrogens (tertiary/aromatic N) is 3. The summed E-state index contributed by atoms with van der Waals surface area (Å²) < 4.78 is 31.6. The molecule has 1 aromatic heterocycles. The summed E-state index contributed by atoms with van der Waals surface area (Å²) in [6.07, 6.45) is 1.49. The van der Waals surface area contributed by atoms with E-state index in [1.807, 2.05) is 26.0 Å². The van der Waals surface area contributed by atoms with Crippen LogP contribution in [0.15, 0.2) is 52.9 Å². The zero-order chi connectivity index (χ0) is 20.6. The molecule has 2 heterocycles. The summed E-state index contributed by atoms with van der Waals surface area (Å²) in [5, 5.41) is 11.4. The fourth-order valence-corrected chi connectivity index (χ4v) is 5.71. The van der Waals surface area contributed by atoms with Gasteiger partial charge in [-0.3, -0.25) is 0 Å². The summed E-state index contributed by atoms with van der Waals surface area (Å²) in [5.74, 6) is 0.407. The number of aromatic nitrogens is 1. The molecular formula is C21H19N3O3S2. The highest BCUT2D eigenvalue weighted by Gasteiger charge is 2.27. The summed E-state index contributed by atoms with van der Waals surface area (Å²) in [6.45, 7) is 4.54. The van der Waals surface area contributed by atoms with Crippen LogP contribution in [0.25, 0.3) is 0 Å². The van der Waals surface area contributed by atoms with Crippen molar-refractivity contribution in [1.29, 1.82) is 5.26 Å². The molecule has 0 fully saturated rings. The van der Waals surface area contributed by atoms with Crippen LogP contribution in [0.2, 0.25) is 0 Å². The van der Waals surface area contributed by atoms with Gasteiger partial charge >= 0.3 is 0 Å². The van der Waals surface area contributed by atoms with Crippen molar-refractivity contribution in [2.45, 2.75) is 30.6 Å². The molecule has 4 rings (SSSR count). The van der Waals surface area contributed by atoms with Gasteiger partial charge in [0.15, 0.2) is 9.84 Å². The number of anilines is 2. The monoisotopic (exact) mass is 425 g/mol. The van der Waals surface area contributed by atoms with Crippen LogP contribution in [0.3, 0.4) is 0 Å². The first-order chi connectivity index (χ1) is 13.9. The Bertz CT molecular complexity index is 1200. The fourth-order valence-electron chi connectivity index (χ4n) is 3.44. The van der Waals surface area contributed by atoms with Crippen molar-refractivity contribution >= 4 is 32.5 Å². The van der Waals surface area contributed by atoms with E-state index in [2.05, 4.69) is 16.0 Å². The van der Waals surface area contributed by atoms with E-state index in [1.165, 1.54) is 11.3 Å². The number of hydrogen-bond acceptors (Lipinski definition) is 7. The Labute approximate surface area is 173 Å². The van der Waals surface area contributed by atoms with Gasteiger partial charge in [0, 0.05) is 23.3 Å². The molecule has 0 N–H and O–H groups in total. The van der Waals surface area contributed by atoms with Crippen LogP contribution >= 0.6 is 11.3 Å². The molecule has 1 aliphatic rings. The minimum Gasteiger partial charge on any atom is -0.487 e. The van der Waals surface area contributed by atoms with E-state index in [4.69, 9.17) is 10.00 Å². The summed E-state index contributed by atoms with van der Waals surface area (Å²) in [6, 6.07) is 12.7. The first-order valence-corrected chi connectivity index (χ1v) is 11.6. The highest BCUT2D eigenvalue weighted by molar-refractivity contribution is 7.90. The summed E-state index contributed by atoms with van der Waals surface area (Å²) in [5.41, 5.74) is 3.36. The number of nitriles is 1. The lowest BCUT2D eigenvalue weighted by atomic mass is 10.1. The predicted octanol–water partition coefficient (Wildman–Crippen LogP) is 4.22. The zero-order valence-corrected chi connectivity index (χ0v) is 17.6. The first kappa shape index (κ1) is 19.4. The number of hydrogen-bond donors (Lipinski definition) is 0. The van der Waals surface area contributed by atoms with Crippen molar-refractivity contribution in [2.75, 3.05) is 11.4 Å². The Balaban J connectivity index is 1.72. The molecule has 8 heteroatoms. The third-order valence-electron chi connectivity index (χ3n) is 4.76. The number of sulfone groups is 1. The average Bonchev–Trinajstić information content (AvgIpc) is 3.19. The van der Waals surface area contributed by atoms with Crippen LogP contribution in [0, 0.1) is 18.3 Å². The largest absolute Gasteiger partial charge is 0.487 e. The number of ether oxygens (including phenoxy) is 1. The van der Waals surface area contributed by atoms with Gasteiger partial charge in [-0.25, -0.2) is 13.4 Å². The molecule has 3 aromatic rings. The van der Waals surface area contributed by atoms with Gasteiger partial charge < -0.3 is 9.64 Å². The van der Waals surface area contributed by atoms with E-state index in [9.17, 15) is 8.42 Å². The summed E-state index contributed by atoms with van der Waals surface area (Å²) in [7, 11) is -3.52. The number of benzene rings is 2. The maximum Gasteiger partial charge on any atom is 0.185 e. The molecule has 0 bridgehead atoms. The molecule has 0 saturated carbocycles.